The number of aromatic amines is 1. The van der Waals surface area contributed by atoms with Gasteiger partial charge in [-0.25, -0.2) is 4.79 Å². The van der Waals surface area contributed by atoms with E-state index in [4.69, 9.17) is 10.2 Å². The minimum absolute atomic E-state index is 0.271. The van der Waals surface area contributed by atoms with E-state index < -0.39 is 5.76 Å². The van der Waals surface area contributed by atoms with Gasteiger partial charge in [0.05, 0.1) is 5.52 Å². The zero-order chi connectivity index (χ0) is 13.5. The van der Waals surface area contributed by atoms with Gasteiger partial charge in [-0.2, -0.15) is 0 Å². The standard InChI is InChI=1S/C14H19N3O2/c1-17(9-14(8-15)5-2-6-14)10-3-4-12-11(7-10)16-13(18)19-12/h3-4,7H,2,5-6,8-9,15H2,1H3,(H,16,18). The minimum Gasteiger partial charge on any atom is -0.408 e. The summed E-state index contributed by atoms with van der Waals surface area (Å²) in [6.07, 6.45) is 3.69. The molecule has 1 fully saturated rings. The summed E-state index contributed by atoms with van der Waals surface area (Å²) in [5.41, 5.74) is 8.58. The molecule has 102 valence electrons. The molecule has 0 aliphatic heterocycles. The molecule has 1 saturated carbocycles. The fourth-order valence-corrected chi connectivity index (χ4v) is 2.88. The lowest BCUT2D eigenvalue weighted by Gasteiger charge is -2.44. The molecule has 0 radical (unpaired) electrons. The van der Waals surface area contributed by atoms with Gasteiger partial charge < -0.3 is 15.1 Å². The van der Waals surface area contributed by atoms with E-state index in [1.807, 2.05) is 18.2 Å². The normalized spacial score (nSPS) is 17.4. The zero-order valence-corrected chi connectivity index (χ0v) is 11.1. The Kier molecular flexibility index (Phi) is 2.86. The molecule has 1 aliphatic rings. The molecule has 19 heavy (non-hydrogen) atoms. The minimum atomic E-state index is -0.410. The summed E-state index contributed by atoms with van der Waals surface area (Å²) >= 11 is 0. The van der Waals surface area contributed by atoms with Crippen molar-refractivity contribution >= 4 is 16.8 Å². The molecule has 1 aromatic carbocycles. The maximum absolute atomic E-state index is 11.1. The number of nitrogens with one attached hydrogen (secondary N) is 1. The van der Waals surface area contributed by atoms with Crippen molar-refractivity contribution in [1.29, 1.82) is 0 Å². The number of hydrogen-bond donors (Lipinski definition) is 2. The number of oxazole rings is 1. The van der Waals surface area contributed by atoms with E-state index in [9.17, 15) is 4.79 Å². The van der Waals surface area contributed by atoms with Gasteiger partial charge in [-0.15, -0.1) is 0 Å². The number of rotatable bonds is 4. The van der Waals surface area contributed by atoms with Crippen LogP contribution in [0.1, 0.15) is 19.3 Å². The molecule has 5 nitrogen and oxygen atoms in total. The Balaban J connectivity index is 1.84. The van der Waals surface area contributed by atoms with E-state index in [-0.39, 0.29) is 5.41 Å². The lowest BCUT2D eigenvalue weighted by Crippen LogP contribution is -2.46. The van der Waals surface area contributed by atoms with Gasteiger partial charge in [0.1, 0.15) is 0 Å². The molecule has 2 aromatic rings. The number of nitrogens with two attached hydrogens (primary N) is 1. The summed E-state index contributed by atoms with van der Waals surface area (Å²) in [6, 6.07) is 5.75. The van der Waals surface area contributed by atoms with Crippen molar-refractivity contribution in [3.8, 4) is 0 Å². The number of fused-ring (bicyclic) bond motifs is 1. The van der Waals surface area contributed by atoms with E-state index in [0.29, 0.717) is 5.58 Å². The lowest BCUT2D eigenvalue weighted by atomic mass is 9.68. The van der Waals surface area contributed by atoms with Crippen molar-refractivity contribution in [2.75, 3.05) is 25.0 Å². The van der Waals surface area contributed by atoms with Crippen LogP contribution in [0, 0.1) is 5.41 Å². The highest BCUT2D eigenvalue weighted by atomic mass is 16.4. The van der Waals surface area contributed by atoms with E-state index >= 15 is 0 Å². The predicted molar refractivity (Wildman–Crippen MR) is 75.4 cm³/mol. The van der Waals surface area contributed by atoms with Crippen molar-refractivity contribution in [3.63, 3.8) is 0 Å². The van der Waals surface area contributed by atoms with Gasteiger partial charge in [0.15, 0.2) is 5.58 Å². The van der Waals surface area contributed by atoms with Crippen molar-refractivity contribution < 1.29 is 4.42 Å². The Morgan fingerprint density at radius 3 is 2.89 bits per heavy atom. The van der Waals surface area contributed by atoms with E-state index in [1.165, 1.54) is 19.3 Å². The van der Waals surface area contributed by atoms with E-state index in [2.05, 4.69) is 16.9 Å². The van der Waals surface area contributed by atoms with Gasteiger partial charge in [-0.3, -0.25) is 4.98 Å². The zero-order valence-electron chi connectivity index (χ0n) is 11.1. The molecule has 0 bridgehead atoms. The van der Waals surface area contributed by atoms with Crippen LogP contribution in [0.25, 0.3) is 11.1 Å². The second-order valence-corrected chi connectivity index (χ2v) is 5.61. The van der Waals surface area contributed by atoms with Gasteiger partial charge in [0.2, 0.25) is 0 Å². The Bertz CT molecular complexity index is 634. The Morgan fingerprint density at radius 1 is 1.47 bits per heavy atom. The first-order chi connectivity index (χ1) is 9.12. The van der Waals surface area contributed by atoms with Crippen LogP contribution in [0.2, 0.25) is 0 Å². The summed E-state index contributed by atoms with van der Waals surface area (Å²) in [5.74, 6) is -0.410. The smallest absolute Gasteiger partial charge is 0.408 e. The third-order valence-corrected chi connectivity index (χ3v) is 4.26. The number of hydrogen-bond acceptors (Lipinski definition) is 4. The van der Waals surface area contributed by atoms with Crippen LogP contribution in [-0.4, -0.2) is 25.1 Å². The molecule has 5 heteroatoms. The van der Waals surface area contributed by atoms with Crippen molar-refractivity contribution in [2.24, 2.45) is 11.1 Å². The van der Waals surface area contributed by atoms with Crippen LogP contribution in [-0.2, 0) is 0 Å². The average Bonchev–Trinajstić information content (AvgIpc) is 2.72. The highest BCUT2D eigenvalue weighted by Crippen LogP contribution is 2.41. The van der Waals surface area contributed by atoms with E-state index in [1.54, 1.807) is 0 Å². The molecule has 0 unspecified atom stereocenters. The molecule has 0 amide bonds. The van der Waals surface area contributed by atoms with Crippen LogP contribution in [0.15, 0.2) is 27.4 Å². The molecule has 1 heterocycles. The van der Waals surface area contributed by atoms with Gasteiger partial charge >= 0.3 is 5.76 Å². The first-order valence-corrected chi connectivity index (χ1v) is 6.66. The fraction of sp³-hybridized carbons (Fsp3) is 0.500. The number of benzene rings is 1. The van der Waals surface area contributed by atoms with Crippen LogP contribution < -0.4 is 16.4 Å². The Hall–Kier alpha value is -1.75. The highest BCUT2D eigenvalue weighted by molar-refractivity contribution is 5.77. The molecule has 0 atom stereocenters. The third-order valence-electron chi connectivity index (χ3n) is 4.26. The second-order valence-electron chi connectivity index (χ2n) is 5.61. The molecule has 3 rings (SSSR count). The molecule has 1 aromatic heterocycles. The molecule has 3 N–H and O–H groups in total. The summed E-state index contributed by atoms with van der Waals surface area (Å²) in [4.78, 5) is 16.0. The summed E-state index contributed by atoms with van der Waals surface area (Å²) in [6.45, 7) is 1.69. The van der Waals surface area contributed by atoms with Crippen LogP contribution in [0.4, 0.5) is 5.69 Å². The van der Waals surface area contributed by atoms with Crippen molar-refractivity contribution in [2.45, 2.75) is 19.3 Å². The topological polar surface area (TPSA) is 75.3 Å². The van der Waals surface area contributed by atoms with Gasteiger partial charge in [-0.05, 0) is 37.6 Å². The second kappa shape index (κ2) is 4.42. The largest absolute Gasteiger partial charge is 0.417 e. The monoisotopic (exact) mass is 261 g/mol. The summed E-state index contributed by atoms with van der Waals surface area (Å²) < 4.78 is 5.01. The third kappa shape index (κ3) is 2.14. The Morgan fingerprint density at radius 2 is 2.26 bits per heavy atom. The maximum Gasteiger partial charge on any atom is 0.417 e. The number of anilines is 1. The van der Waals surface area contributed by atoms with E-state index in [0.717, 1.165) is 24.3 Å². The number of H-pyrrole nitrogens is 1. The molecule has 0 saturated heterocycles. The summed E-state index contributed by atoms with van der Waals surface area (Å²) in [7, 11) is 2.06. The average molecular weight is 261 g/mol. The maximum atomic E-state index is 11.1. The number of aromatic nitrogens is 1. The fourth-order valence-electron chi connectivity index (χ4n) is 2.88. The summed E-state index contributed by atoms with van der Waals surface area (Å²) in [5, 5.41) is 0. The van der Waals surface area contributed by atoms with Crippen LogP contribution in [0.5, 0.6) is 0 Å². The Labute approximate surface area is 111 Å². The van der Waals surface area contributed by atoms with Gasteiger partial charge in [0.25, 0.3) is 0 Å². The molecular weight excluding hydrogens is 242 g/mol. The SMILES string of the molecule is CN(CC1(CN)CCC1)c1ccc2oc(=O)[nH]c2c1. The van der Waals surface area contributed by atoms with Crippen LogP contribution in [0.3, 0.4) is 0 Å². The predicted octanol–water partition coefficient (Wildman–Crippen LogP) is 1.69. The first-order valence-electron chi connectivity index (χ1n) is 6.66. The lowest BCUT2D eigenvalue weighted by molar-refractivity contribution is 0.154. The highest BCUT2D eigenvalue weighted by Gasteiger charge is 2.36. The van der Waals surface area contributed by atoms with Crippen molar-refractivity contribution in [3.05, 3.63) is 28.7 Å². The van der Waals surface area contributed by atoms with Gasteiger partial charge in [0, 0.05) is 24.7 Å². The first kappa shape index (κ1) is 12.3. The molecule has 1 aliphatic carbocycles. The van der Waals surface area contributed by atoms with Gasteiger partial charge in [-0.1, -0.05) is 6.42 Å². The quantitative estimate of drug-likeness (QED) is 0.878. The number of nitrogens with zero attached hydrogens (tertiary/aromatic N) is 1. The molecule has 0 spiro atoms. The molecular formula is C14H19N3O2. The van der Waals surface area contributed by atoms with Crippen molar-refractivity contribution in [1.82, 2.24) is 4.98 Å². The van der Waals surface area contributed by atoms with Crippen LogP contribution >= 0.6 is 0 Å².